The summed E-state index contributed by atoms with van der Waals surface area (Å²) in [6, 6.07) is 2.83. The Morgan fingerprint density at radius 2 is 1.87 bits per heavy atom. The van der Waals surface area contributed by atoms with Crippen LogP contribution in [0.3, 0.4) is 0 Å². The number of alkyl halides is 3. The molecule has 8 nitrogen and oxygen atoms in total. The van der Waals surface area contributed by atoms with Crippen LogP contribution < -0.4 is 11.1 Å². The number of nitrogens with one attached hydrogen (secondary N) is 1. The van der Waals surface area contributed by atoms with Gasteiger partial charge in [0.25, 0.3) is 5.91 Å². The average molecular weight is 544 g/mol. The molecule has 194 valence electrons. The van der Waals surface area contributed by atoms with Gasteiger partial charge in [0.15, 0.2) is 5.82 Å². The van der Waals surface area contributed by atoms with Crippen molar-refractivity contribution >= 4 is 35.0 Å². The molecule has 0 bridgehead atoms. The number of hydrogen-bond acceptors (Lipinski definition) is 6. The van der Waals surface area contributed by atoms with Crippen LogP contribution in [0.1, 0.15) is 34.3 Å². The molecule has 0 spiro atoms. The van der Waals surface area contributed by atoms with Crippen LogP contribution in [0.2, 0.25) is 5.02 Å². The van der Waals surface area contributed by atoms with Gasteiger partial charge in [0, 0.05) is 22.9 Å². The van der Waals surface area contributed by atoms with Crippen LogP contribution in [-0.2, 0) is 6.18 Å². The number of hydrogen-bond donors (Lipinski definition) is 2. The Hall–Kier alpha value is -4.32. The lowest BCUT2D eigenvalue weighted by Crippen LogP contribution is -2.17. The number of amides is 1. The Morgan fingerprint density at radius 1 is 1.13 bits per heavy atom. The van der Waals surface area contributed by atoms with E-state index in [4.69, 9.17) is 17.3 Å². The molecule has 1 fully saturated rings. The van der Waals surface area contributed by atoms with Crippen molar-refractivity contribution in [3.63, 3.8) is 0 Å². The Balaban J connectivity index is 1.46. The fraction of sp³-hybridized carbons (Fsp3) is 0.160. The number of carbonyl (C=O) groups excluding carboxylic acids is 1. The number of carbonyl (C=O) groups is 1. The number of anilines is 2. The standard InChI is InChI=1S/C25H18ClF4N7O/c26-19-8-17(22-14(4-3-13-1-2-13)10-32-12-21(22)31)20(27)9-16(19)24(38)36-15-7-18(25(28,29)30)23(33-11-15)37-34-5-6-35-37/h3-13H,1-2,31H2,(H,36,38). The molecular formula is C25H18ClF4N7O. The normalized spacial score (nSPS) is 13.7. The number of pyridine rings is 2. The minimum Gasteiger partial charge on any atom is -0.397 e. The lowest BCUT2D eigenvalue weighted by molar-refractivity contribution is -0.137. The Labute approximate surface area is 218 Å². The van der Waals surface area contributed by atoms with E-state index in [2.05, 4.69) is 25.5 Å². The SMILES string of the molecule is Nc1cncc(C=CC2CC2)c1-c1cc(Cl)c(C(=O)Nc2cnc(-n3nccn3)c(C(F)(F)F)c2)cc1F. The number of halogens is 5. The highest BCUT2D eigenvalue weighted by atomic mass is 35.5. The molecule has 13 heteroatoms. The van der Waals surface area contributed by atoms with E-state index in [0.717, 1.165) is 25.1 Å². The summed E-state index contributed by atoms with van der Waals surface area (Å²) < 4.78 is 56.3. The first-order valence-corrected chi connectivity index (χ1v) is 11.7. The molecule has 3 heterocycles. The molecule has 0 aliphatic heterocycles. The van der Waals surface area contributed by atoms with Crippen molar-refractivity contribution in [2.24, 2.45) is 5.92 Å². The minimum absolute atomic E-state index is 0.0546. The zero-order valence-corrected chi connectivity index (χ0v) is 20.1. The van der Waals surface area contributed by atoms with E-state index in [9.17, 15) is 18.0 Å². The third-order valence-corrected chi connectivity index (χ3v) is 6.10. The molecule has 3 N–H and O–H groups in total. The maximum atomic E-state index is 15.3. The molecular weight excluding hydrogens is 526 g/mol. The first-order chi connectivity index (χ1) is 18.1. The van der Waals surface area contributed by atoms with E-state index in [1.165, 1.54) is 24.7 Å². The quantitative estimate of drug-likeness (QED) is 0.298. The molecule has 0 unspecified atom stereocenters. The monoisotopic (exact) mass is 543 g/mol. The summed E-state index contributed by atoms with van der Waals surface area (Å²) in [7, 11) is 0. The van der Waals surface area contributed by atoms with E-state index in [0.29, 0.717) is 27.9 Å². The first kappa shape index (κ1) is 25.3. The zero-order valence-electron chi connectivity index (χ0n) is 19.4. The van der Waals surface area contributed by atoms with Crippen molar-refractivity contribution in [1.29, 1.82) is 0 Å². The molecule has 4 aromatic rings. The molecule has 1 aliphatic carbocycles. The third-order valence-electron chi connectivity index (χ3n) is 5.78. The molecule has 1 saturated carbocycles. The van der Waals surface area contributed by atoms with E-state index in [1.54, 1.807) is 6.20 Å². The van der Waals surface area contributed by atoms with Crippen LogP contribution in [-0.4, -0.2) is 30.9 Å². The van der Waals surface area contributed by atoms with Crippen LogP contribution in [0, 0.1) is 11.7 Å². The van der Waals surface area contributed by atoms with Crippen molar-refractivity contribution in [1.82, 2.24) is 25.0 Å². The lowest BCUT2D eigenvalue weighted by Gasteiger charge is -2.15. The summed E-state index contributed by atoms with van der Waals surface area (Å²) in [6.45, 7) is 0. The zero-order chi connectivity index (χ0) is 27.0. The highest BCUT2D eigenvalue weighted by Gasteiger charge is 2.36. The molecule has 0 atom stereocenters. The van der Waals surface area contributed by atoms with Gasteiger partial charge < -0.3 is 11.1 Å². The molecule has 38 heavy (non-hydrogen) atoms. The molecule has 1 amide bonds. The van der Waals surface area contributed by atoms with Gasteiger partial charge in [-0.2, -0.15) is 23.4 Å². The maximum absolute atomic E-state index is 15.3. The number of rotatable bonds is 6. The summed E-state index contributed by atoms with van der Waals surface area (Å²) in [5.74, 6) is -1.85. The topological polar surface area (TPSA) is 112 Å². The van der Waals surface area contributed by atoms with Gasteiger partial charge in [-0.25, -0.2) is 9.37 Å². The van der Waals surface area contributed by atoms with Crippen molar-refractivity contribution < 1.29 is 22.4 Å². The molecule has 0 saturated heterocycles. The minimum atomic E-state index is -4.82. The number of allylic oxidation sites excluding steroid dienone is 1. The fourth-order valence-corrected chi connectivity index (χ4v) is 4.04. The van der Waals surface area contributed by atoms with Crippen LogP contribution in [0.4, 0.5) is 28.9 Å². The average Bonchev–Trinajstić information content (AvgIpc) is 3.54. The molecule has 3 aromatic heterocycles. The van der Waals surface area contributed by atoms with Crippen LogP contribution in [0.5, 0.6) is 0 Å². The summed E-state index contributed by atoms with van der Waals surface area (Å²) in [5.41, 5.74) is 5.56. The van der Waals surface area contributed by atoms with E-state index in [-0.39, 0.29) is 27.5 Å². The highest BCUT2D eigenvalue weighted by Crippen LogP contribution is 2.38. The third kappa shape index (κ3) is 5.21. The van der Waals surface area contributed by atoms with Crippen molar-refractivity contribution in [3.05, 3.63) is 82.8 Å². The van der Waals surface area contributed by atoms with Gasteiger partial charge in [0.2, 0.25) is 0 Å². The van der Waals surface area contributed by atoms with Crippen molar-refractivity contribution in [3.8, 4) is 16.9 Å². The van der Waals surface area contributed by atoms with Gasteiger partial charge in [-0.3, -0.25) is 9.78 Å². The summed E-state index contributed by atoms with van der Waals surface area (Å²) in [6.07, 6.45) is 7.48. The van der Waals surface area contributed by atoms with Crippen LogP contribution in [0.15, 0.2) is 55.3 Å². The van der Waals surface area contributed by atoms with Gasteiger partial charge >= 0.3 is 6.18 Å². The largest absolute Gasteiger partial charge is 0.420 e. The second-order valence-electron chi connectivity index (χ2n) is 8.57. The smallest absolute Gasteiger partial charge is 0.397 e. The number of nitrogens with two attached hydrogens (primary N) is 1. The lowest BCUT2D eigenvalue weighted by atomic mass is 9.97. The highest BCUT2D eigenvalue weighted by molar-refractivity contribution is 6.34. The Bertz CT molecular complexity index is 1550. The molecule has 0 radical (unpaired) electrons. The van der Waals surface area contributed by atoms with E-state index < -0.39 is 29.3 Å². The van der Waals surface area contributed by atoms with Crippen molar-refractivity contribution in [2.75, 3.05) is 11.1 Å². The van der Waals surface area contributed by atoms with Gasteiger partial charge in [0.1, 0.15) is 11.4 Å². The number of nitrogen functional groups attached to an aromatic ring is 1. The fourth-order valence-electron chi connectivity index (χ4n) is 3.79. The predicted octanol–water partition coefficient (Wildman–Crippen LogP) is 5.79. The van der Waals surface area contributed by atoms with Gasteiger partial charge in [0.05, 0.1) is 46.7 Å². The molecule has 5 rings (SSSR count). The maximum Gasteiger partial charge on any atom is 0.420 e. The van der Waals surface area contributed by atoms with E-state index in [1.807, 2.05) is 12.2 Å². The number of benzene rings is 1. The summed E-state index contributed by atoms with van der Waals surface area (Å²) in [4.78, 5) is 21.4. The van der Waals surface area contributed by atoms with Crippen LogP contribution >= 0.6 is 11.6 Å². The van der Waals surface area contributed by atoms with Crippen LogP contribution in [0.25, 0.3) is 23.0 Å². The molecule has 1 aromatic carbocycles. The molecule has 1 aliphatic rings. The van der Waals surface area contributed by atoms with E-state index >= 15 is 4.39 Å². The number of nitrogens with zero attached hydrogens (tertiary/aromatic N) is 5. The predicted molar refractivity (Wildman–Crippen MR) is 133 cm³/mol. The van der Waals surface area contributed by atoms with Gasteiger partial charge in [-0.05, 0) is 37.0 Å². The van der Waals surface area contributed by atoms with Gasteiger partial charge in [-0.1, -0.05) is 23.8 Å². The van der Waals surface area contributed by atoms with Gasteiger partial charge in [-0.15, -0.1) is 4.80 Å². The Morgan fingerprint density at radius 3 is 2.55 bits per heavy atom. The summed E-state index contributed by atoms with van der Waals surface area (Å²) in [5, 5.41) is 9.49. The summed E-state index contributed by atoms with van der Waals surface area (Å²) >= 11 is 6.33. The second kappa shape index (κ2) is 9.86. The first-order valence-electron chi connectivity index (χ1n) is 11.3. The number of aromatic nitrogens is 5. The second-order valence-corrected chi connectivity index (χ2v) is 8.97. The van der Waals surface area contributed by atoms with Crippen molar-refractivity contribution in [2.45, 2.75) is 19.0 Å². The Kier molecular flexibility index (Phi) is 6.57.